The molecular formula is C26H42O5. The van der Waals surface area contributed by atoms with Crippen LogP contribution in [0.15, 0.2) is 35.5 Å². The van der Waals surface area contributed by atoms with Crippen LogP contribution in [-0.2, 0) is 4.74 Å². The van der Waals surface area contributed by atoms with E-state index in [1.165, 1.54) is 12.0 Å². The second-order valence-corrected chi connectivity index (χ2v) is 10.9. The van der Waals surface area contributed by atoms with Crippen molar-refractivity contribution in [2.75, 3.05) is 6.61 Å². The van der Waals surface area contributed by atoms with Crippen molar-refractivity contribution >= 4 is 0 Å². The second-order valence-electron chi connectivity index (χ2n) is 10.9. The predicted octanol–water partition coefficient (Wildman–Crippen LogP) is 3.66. The molecule has 0 aromatic heterocycles. The molecular weight excluding hydrogens is 392 g/mol. The molecule has 3 aliphatic carbocycles. The Labute approximate surface area is 187 Å². The number of fused-ring (bicyclic) bond motifs is 1. The molecule has 3 rings (SSSR count). The first-order valence-corrected chi connectivity index (χ1v) is 11.9. The van der Waals surface area contributed by atoms with Crippen molar-refractivity contribution < 1.29 is 25.2 Å². The van der Waals surface area contributed by atoms with Gasteiger partial charge in [-0.1, -0.05) is 31.2 Å². The van der Waals surface area contributed by atoms with Crippen molar-refractivity contribution in [1.82, 2.24) is 0 Å². The number of hydrogen-bond donors (Lipinski definition) is 4. The lowest BCUT2D eigenvalue weighted by Gasteiger charge is -2.44. The average Bonchev–Trinajstić information content (AvgIpc) is 3.04. The van der Waals surface area contributed by atoms with Crippen LogP contribution < -0.4 is 0 Å². The Morgan fingerprint density at radius 2 is 1.97 bits per heavy atom. The number of aliphatic hydroxyl groups is 4. The molecule has 31 heavy (non-hydrogen) atoms. The number of ether oxygens (including phenoxy) is 1. The van der Waals surface area contributed by atoms with E-state index >= 15 is 0 Å². The summed E-state index contributed by atoms with van der Waals surface area (Å²) in [7, 11) is 0. The van der Waals surface area contributed by atoms with E-state index in [0.717, 1.165) is 36.8 Å². The Balaban J connectivity index is 1.71. The van der Waals surface area contributed by atoms with E-state index in [0.29, 0.717) is 24.7 Å². The molecule has 0 spiro atoms. The van der Waals surface area contributed by atoms with Gasteiger partial charge in [0.15, 0.2) is 0 Å². The van der Waals surface area contributed by atoms with Crippen molar-refractivity contribution in [3.05, 3.63) is 35.5 Å². The Morgan fingerprint density at radius 3 is 2.65 bits per heavy atom. The Morgan fingerprint density at radius 1 is 1.26 bits per heavy atom. The van der Waals surface area contributed by atoms with Gasteiger partial charge in [0, 0.05) is 6.42 Å². The number of allylic oxidation sites excluding steroid dienone is 3. The third kappa shape index (κ3) is 5.33. The van der Waals surface area contributed by atoms with Crippen LogP contribution in [0.25, 0.3) is 0 Å². The first kappa shape index (κ1) is 24.7. The first-order valence-electron chi connectivity index (χ1n) is 11.9. The van der Waals surface area contributed by atoms with Gasteiger partial charge in [0.05, 0.1) is 30.5 Å². The monoisotopic (exact) mass is 434 g/mol. The van der Waals surface area contributed by atoms with Crippen molar-refractivity contribution in [2.45, 2.75) is 103 Å². The van der Waals surface area contributed by atoms with Gasteiger partial charge in [-0.05, 0) is 87.7 Å². The molecule has 0 radical (unpaired) electrons. The van der Waals surface area contributed by atoms with Gasteiger partial charge in [-0.25, -0.2) is 0 Å². The molecule has 176 valence electrons. The van der Waals surface area contributed by atoms with Crippen molar-refractivity contribution in [3.63, 3.8) is 0 Å². The zero-order chi connectivity index (χ0) is 23.0. The lowest BCUT2D eigenvalue weighted by Crippen LogP contribution is -2.43. The summed E-state index contributed by atoms with van der Waals surface area (Å²) in [6.45, 7) is 11.9. The van der Waals surface area contributed by atoms with Crippen LogP contribution in [0.1, 0.15) is 72.6 Å². The summed E-state index contributed by atoms with van der Waals surface area (Å²) in [5.41, 5.74) is 2.13. The van der Waals surface area contributed by atoms with Gasteiger partial charge in [0.1, 0.15) is 6.10 Å². The summed E-state index contributed by atoms with van der Waals surface area (Å²) in [4.78, 5) is 0. The summed E-state index contributed by atoms with van der Waals surface area (Å²) in [5.74, 6) is 0.913. The summed E-state index contributed by atoms with van der Waals surface area (Å²) >= 11 is 0. The highest BCUT2D eigenvalue weighted by Gasteiger charge is 2.51. The van der Waals surface area contributed by atoms with Crippen LogP contribution in [0.3, 0.4) is 0 Å². The molecule has 0 heterocycles. The molecule has 3 fully saturated rings. The maximum absolute atomic E-state index is 10.1. The lowest BCUT2D eigenvalue weighted by molar-refractivity contribution is -0.114. The van der Waals surface area contributed by atoms with Crippen LogP contribution in [0.5, 0.6) is 0 Å². The first-order chi connectivity index (χ1) is 14.4. The van der Waals surface area contributed by atoms with Crippen LogP contribution >= 0.6 is 0 Å². The van der Waals surface area contributed by atoms with Gasteiger partial charge in [0.2, 0.25) is 0 Å². The molecule has 0 aromatic rings. The molecule has 0 aromatic carbocycles. The third-order valence-corrected chi connectivity index (χ3v) is 8.20. The highest BCUT2D eigenvalue weighted by atomic mass is 16.5. The van der Waals surface area contributed by atoms with Crippen molar-refractivity contribution in [2.24, 2.45) is 17.3 Å². The molecule has 3 saturated carbocycles. The fourth-order valence-corrected chi connectivity index (χ4v) is 6.08. The third-order valence-electron chi connectivity index (χ3n) is 8.20. The molecule has 0 aliphatic heterocycles. The molecule has 5 heteroatoms. The topological polar surface area (TPSA) is 90.2 Å². The fraction of sp³-hybridized carbons (Fsp3) is 0.769. The van der Waals surface area contributed by atoms with E-state index in [-0.39, 0.29) is 18.1 Å². The minimum Gasteiger partial charge on any atom is -0.393 e. The summed E-state index contributed by atoms with van der Waals surface area (Å²) in [5, 5.41) is 40.2. The molecule has 0 amide bonds. The van der Waals surface area contributed by atoms with Crippen molar-refractivity contribution in [1.29, 1.82) is 0 Å². The van der Waals surface area contributed by atoms with Gasteiger partial charge in [-0.15, -0.1) is 0 Å². The smallest absolute Gasteiger partial charge is 0.105 e. The Hall–Kier alpha value is -0.980. The molecule has 0 bridgehead atoms. The minimum absolute atomic E-state index is 0.0214. The summed E-state index contributed by atoms with van der Waals surface area (Å²) < 4.78 is 6.05. The van der Waals surface area contributed by atoms with E-state index in [9.17, 15) is 20.4 Å². The van der Waals surface area contributed by atoms with Gasteiger partial charge in [-0.2, -0.15) is 0 Å². The largest absolute Gasteiger partial charge is 0.393 e. The fourth-order valence-electron chi connectivity index (χ4n) is 6.08. The zero-order valence-corrected chi connectivity index (χ0v) is 19.7. The highest BCUT2D eigenvalue weighted by molar-refractivity contribution is 5.38. The normalized spacial score (nSPS) is 39.0. The van der Waals surface area contributed by atoms with Crippen LogP contribution in [-0.4, -0.2) is 57.0 Å². The molecule has 4 N–H and O–H groups in total. The summed E-state index contributed by atoms with van der Waals surface area (Å²) in [6.07, 6.45) is 8.80. The maximum Gasteiger partial charge on any atom is 0.105 e. The van der Waals surface area contributed by atoms with Gasteiger partial charge in [0.25, 0.3) is 0 Å². The zero-order valence-electron chi connectivity index (χ0n) is 19.7. The Bertz CT molecular complexity index is 718. The van der Waals surface area contributed by atoms with Crippen molar-refractivity contribution in [3.8, 4) is 0 Å². The molecule has 0 saturated heterocycles. The van der Waals surface area contributed by atoms with Crippen LogP contribution in [0.2, 0.25) is 0 Å². The average molecular weight is 435 g/mol. The maximum atomic E-state index is 10.1. The highest BCUT2D eigenvalue weighted by Crippen LogP contribution is 2.58. The number of rotatable bonds is 6. The molecule has 7 atom stereocenters. The lowest BCUT2D eigenvalue weighted by atomic mass is 9.62. The van der Waals surface area contributed by atoms with Gasteiger partial charge < -0.3 is 25.2 Å². The van der Waals surface area contributed by atoms with E-state index in [1.807, 2.05) is 0 Å². The quantitative estimate of drug-likeness (QED) is 0.512. The predicted molar refractivity (Wildman–Crippen MR) is 122 cm³/mol. The van der Waals surface area contributed by atoms with Crippen LogP contribution in [0.4, 0.5) is 0 Å². The van der Waals surface area contributed by atoms with Gasteiger partial charge in [-0.3, -0.25) is 0 Å². The SMILES string of the molecule is C=C1/C(=C\C=C2/CCC[C@]3(C)[C@@H]([C@H](C)OC[C@H](O)C(C)(C)O)CC[C@@H]23)C[C@@H](O)C[C@@H]1O. The second kappa shape index (κ2) is 9.48. The van der Waals surface area contributed by atoms with E-state index < -0.39 is 23.9 Å². The molecule has 3 aliphatic rings. The summed E-state index contributed by atoms with van der Waals surface area (Å²) in [6, 6.07) is 0. The van der Waals surface area contributed by atoms with Gasteiger partial charge >= 0.3 is 0 Å². The standard InChI is InChI=1S/C26H42O5/c1-16-19(13-20(27)14-23(16)28)9-8-18-7-6-12-26(5)21(10-11-22(18)26)17(2)31-15-24(29)25(3,4)30/h8-9,17,20-24,27-30H,1,6-7,10-15H2,2-5H3/b18-8+,19-9-/t17-,20+,21+,22-,23-,24-,26+/m0/s1. The van der Waals surface area contributed by atoms with E-state index in [1.54, 1.807) is 13.8 Å². The molecule has 5 nitrogen and oxygen atoms in total. The van der Waals surface area contributed by atoms with Crippen LogP contribution in [0, 0.1) is 17.3 Å². The van der Waals surface area contributed by atoms with E-state index in [2.05, 4.69) is 32.6 Å². The number of hydrogen-bond acceptors (Lipinski definition) is 5. The number of aliphatic hydroxyl groups excluding tert-OH is 3. The minimum atomic E-state index is -1.17. The molecule has 0 unspecified atom stereocenters. The van der Waals surface area contributed by atoms with E-state index in [4.69, 9.17) is 4.74 Å². The Kier molecular flexibility index (Phi) is 7.54.